The van der Waals surface area contributed by atoms with Gasteiger partial charge in [-0.15, -0.1) is 0 Å². The van der Waals surface area contributed by atoms with Crippen molar-refractivity contribution in [3.8, 4) is 5.75 Å². The molecule has 1 aliphatic carbocycles. The molecule has 1 aliphatic heterocycles. The third-order valence-corrected chi connectivity index (χ3v) is 7.29. The van der Waals surface area contributed by atoms with E-state index in [1.54, 1.807) is 12.3 Å². The number of nitrogens with zero attached hydrogens (tertiary/aromatic N) is 3. The number of rotatable bonds is 11. The number of carbonyl (C=O) groups is 2. The zero-order valence-electron chi connectivity index (χ0n) is 22.5. The Bertz CT molecular complexity index is 1360. The lowest BCUT2D eigenvalue weighted by atomic mass is 10.1. The van der Waals surface area contributed by atoms with Crippen LogP contribution in [0.5, 0.6) is 5.75 Å². The summed E-state index contributed by atoms with van der Waals surface area (Å²) in [7, 11) is 0. The number of ether oxygens (including phenoxy) is 2. The topological polar surface area (TPSA) is 107 Å². The van der Waals surface area contributed by atoms with E-state index in [9.17, 15) is 9.59 Å². The third kappa shape index (κ3) is 7.92. The number of benzene rings is 1. The Hall–Kier alpha value is -3.69. The fourth-order valence-corrected chi connectivity index (χ4v) is 4.59. The molecule has 2 amide bonds. The van der Waals surface area contributed by atoms with Gasteiger partial charge in [-0.25, -0.2) is 0 Å². The Morgan fingerprint density at radius 1 is 1.18 bits per heavy atom. The predicted molar refractivity (Wildman–Crippen MR) is 153 cm³/mol. The van der Waals surface area contributed by atoms with E-state index in [1.165, 1.54) is 25.1 Å². The van der Waals surface area contributed by atoms with E-state index in [1.807, 2.05) is 48.2 Å². The lowest BCUT2D eigenvalue weighted by molar-refractivity contribution is 0.0694. The Labute approximate surface area is 238 Å². The fourth-order valence-electron chi connectivity index (χ4n) is 4.36. The number of hydrogen-bond acceptors (Lipinski definition) is 6. The van der Waals surface area contributed by atoms with Gasteiger partial charge in [0.15, 0.2) is 0 Å². The van der Waals surface area contributed by atoms with Crippen LogP contribution in [0.2, 0.25) is 5.02 Å². The number of hydrogen-bond donors (Lipinski definition) is 2. The average molecular weight is 564 g/mol. The van der Waals surface area contributed by atoms with Crippen LogP contribution in [0.3, 0.4) is 0 Å². The standard InChI is InChI=1S/C30H34ClN5O4/c1-20(34-29(37)23-8-11-32-28(14-23)30(38)35-25-9-12-39-13-10-25)2-3-22-16-33-36(17-22)18-24-6-7-26(15-27(24)31)40-19-21-4-5-21/h2-3,6-8,11,14-17,20-21,25H,4-5,9-10,12-13,18-19H2,1H3,(H,34,37)(H,35,38)/t20-/m0/s1. The molecule has 1 atom stereocenters. The van der Waals surface area contributed by atoms with Gasteiger partial charge >= 0.3 is 0 Å². The number of aromatic nitrogens is 3. The molecule has 0 bridgehead atoms. The molecule has 0 spiro atoms. The van der Waals surface area contributed by atoms with Crippen LogP contribution in [0.15, 0.2) is 55.0 Å². The number of carbonyl (C=O) groups excluding carboxylic acids is 2. The minimum atomic E-state index is -0.286. The third-order valence-electron chi connectivity index (χ3n) is 6.94. The molecule has 0 unspecified atom stereocenters. The van der Waals surface area contributed by atoms with Crippen molar-refractivity contribution < 1.29 is 19.1 Å². The average Bonchev–Trinajstić information content (AvgIpc) is 3.69. The smallest absolute Gasteiger partial charge is 0.270 e. The van der Waals surface area contributed by atoms with E-state index in [-0.39, 0.29) is 29.6 Å². The van der Waals surface area contributed by atoms with Gasteiger partial charge in [0, 0.05) is 53.8 Å². The van der Waals surface area contributed by atoms with Crippen molar-refractivity contribution in [3.63, 3.8) is 0 Å². The molecule has 1 saturated carbocycles. The monoisotopic (exact) mass is 563 g/mol. The van der Waals surface area contributed by atoms with Crippen LogP contribution in [0.25, 0.3) is 6.08 Å². The number of nitrogens with one attached hydrogen (secondary N) is 2. The van der Waals surface area contributed by atoms with Gasteiger partial charge in [0.05, 0.1) is 19.3 Å². The number of amides is 2. The van der Waals surface area contributed by atoms with E-state index >= 15 is 0 Å². The van der Waals surface area contributed by atoms with Gasteiger partial charge in [0.2, 0.25) is 0 Å². The molecule has 3 aromatic rings. The highest BCUT2D eigenvalue weighted by Gasteiger charge is 2.22. The lowest BCUT2D eigenvalue weighted by Gasteiger charge is -2.22. The summed E-state index contributed by atoms with van der Waals surface area (Å²) in [5.74, 6) is 0.913. The van der Waals surface area contributed by atoms with Gasteiger partial charge < -0.3 is 20.1 Å². The Morgan fingerprint density at radius 3 is 2.77 bits per heavy atom. The molecule has 40 heavy (non-hydrogen) atoms. The summed E-state index contributed by atoms with van der Waals surface area (Å²) in [5.41, 5.74) is 2.45. The van der Waals surface area contributed by atoms with Crippen molar-refractivity contribution in [2.75, 3.05) is 19.8 Å². The van der Waals surface area contributed by atoms with Crippen LogP contribution in [0, 0.1) is 5.92 Å². The van der Waals surface area contributed by atoms with E-state index in [4.69, 9.17) is 21.1 Å². The second kappa shape index (κ2) is 13.1. The molecule has 10 heteroatoms. The normalized spacial score (nSPS) is 16.6. The first-order chi connectivity index (χ1) is 19.4. The van der Waals surface area contributed by atoms with Crippen molar-refractivity contribution in [2.24, 2.45) is 5.92 Å². The molecular weight excluding hydrogens is 530 g/mol. The highest BCUT2D eigenvalue weighted by Crippen LogP contribution is 2.30. The quantitative estimate of drug-likeness (QED) is 0.355. The summed E-state index contributed by atoms with van der Waals surface area (Å²) < 4.78 is 13.0. The summed E-state index contributed by atoms with van der Waals surface area (Å²) in [5, 5.41) is 11.0. The molecule has 2 N–H and O–H groups in total. The fraction of sp³-hybridized carbons (Fsp3) is 0.400. The Balaban J connectivity index is 1.12. The summed E-state index contributed by atoms with van der Waals surface area (Å²) in [6.07, 6.45) is 13.0. The van der Waals surface area contributed by atoms with Crippen LogP contribution >= 0.6 is 11.6 Å². The van der Waals surface area contributed by atoms with E-state index in [2.05, 4.69) is 20.7 Å². The van der Waals surface area contributed by atoms with Crippen LogP contribution in [0.1, 0.15) is 64.6 Å². The lowest BCUT2D eigenvalue weighted by Crippen LogP contribution is -2.39. The van der Waals surface area contributed by atoms with E-state index < -0.39 is 0 Å². The first-order valence-electron chi connectivity index (χ1n) is 13.7. The maximum atomic E-state index is 12.8. The van der Waals surface area contributed by atoms with Crippen molar-refractivity contribution in [1.29, 1.82) is 0 Å². The van der Waals surface area contributed by atoms with Crippen LogP contribution in [-0.4, -0.2) is 58.5 Å². The Kier molecular flexibility index (Phi) is 9.13. The van der Waals surface area contributed by atoms with Gasteiger partial charge in [-0.05, 0) is 68.4 Å². The highest BCUT2D eigenvalue weighted by atomic mass is 35.5. The maximum absolute atomic E-state index is 12.8. The highest BCUT2D eigenvalue weighted by molar-refractivity contribution is 6.31. The molecule has 2 aliphatic rings. The minimum Gasteiger partial charge on any atom is -0.493 e. The molecule has 1 aromatic carbocycles. The molecule has 2 aromatic heterocycles. The Morgan fingerprint density at radius 2 is 2.00 bits per heavy atom. The zero-order valence-corrected chi connectivity index (χ0v) is 23.3. The van der Waals surface area contributed by atoms with Gasteiger partial charge in [-0.2, -0.15) is 5.10 Å². The van der Waals surface area contributed by atoms with Crippen molar-refractivity contribution >= 4 is 29.5 Å². The molecule has 3 heterocycles. The summed E-state index contributed by atoms with van der Waals surface area (Å²) >= 11 is 6.48. The largest absolute Gasteiger partial charge is 0.493 e. The van der Waals surface area contributed by atoms with E-state index in [0.717, 1.165) is 36.3 Å². The van der Waals surface area contributed by atoms with Crippen LogP contribution in [0.4, 0.5) is 0 Å². The first-order valence-corrected chi connectivity index (χ1v) is 14.1. The summed E-state index contributed by atoms with van der Waals surface area (Å²) in [6.45, 7) is 4.43. The van der Waals surface area contributed by atoms with Crippen LogP contribution in [-0.2, 0) is 11.3 Å². The molecule has 9 nitrogen and oxygen atoms in total. The van der Waals surface area contributed by atoms with E-state index in [0.29, 0.717) is 36.3 Å². The summed E-state index contributed by atoms with van der Waals surface area (Å²) in [6, 6.07) is 8.70. The SMILES string of the molecule is C[C@@H](C=Cc1cnn(Cc2ccc(OCC3CC3)cc2Cl)c1)NC(=O)c1ccnc(C(=O)NC2CCOCC2)c1. The molecule has 0 radical (unpaired) electrons. The minimum absolute atomic E-state index is 0.0591. The predicted octanol–water partition coefficient (Wildman–Crippen LogP) is 4.51. The second-order valence-electron chi connectivity index (χ2n) is 10.4. The van der Waals surface area contributed by atoms with Crippen LogP contribution < -0.4 is 15.4 Å². The summed E-state index contributed by atoms with van der Waals surface area (Å²) in [4.78, 5) is 29.5. The zero-order chi connectivity index (χ0) is 27.9. The molecule has 1 saturated heterocycles. The maximum Gasteiger partial charge on any atom is 0.270 e. The first kappa shape index (κ1) is 27.9. The molecule has 2 fully saturated rings. The van der Waals surface area contributed by atoms with Gasteiger partial charge in [0.1, 0.15) is 11.4 Å². The van der Waals surface area contributed by atoms with Crippen molar-refractivity contribution in [3.05, 3.63) is 82.4 Å². The van der Waals surface area contributed by atoms with Gasteiger partial charge in [-0.1, -0.05) is 29.8 Å². The van der Waals surface area contributed by atoms with Crippen molar-refractivity contribution in [2.45, 2.75) is 51.2 Å². The van der Waals surface area contributed by atoms with Gasteiger partial charge in [-0.3, -0.25) is 19.3 Å². The molecule has 5 rings (SSSR count). The number of halogens is 1. The van der Waals surface area contributed by atoms with Gasteiger partial charge in [0.25, 0.3) is 11.8 Å². The second-order valence-corrected chi connectivity index (χ2v) is 10.8. The van der Waals surface area contributed by atoms with Crippen molar-refractivity contribution in [1.82, 2.24) is 25.4 Å². The number of pyridine rings is 1. The molecule has 210 valence electrons. The molecular formula is C30H34ClN5O4.